The van der Waals surface area contributed by atoms with Crippen molar-refractivity contribution in [2.24, 2.45) is 0 Å². The highest BCUT2D eigenvalue weighted by atomic mass is 19.1. The van der Waals surface area contributed by atoms with Crippen LogP contribution in [0.2, 0.25) is 0 Å². The average molecular weight is 297 g/mol. The number of aliphatic carboxylic acids is 1. The van der Waals surface area contributed by atoms with Crippen LogP contribution >= 0.6 is 0 Å². The number of carbonyl (C=O) groups is 2. The number of carboxylic acids is 1. The summed E-state index contributed by atoms with van der Waals surface area (Å²) in [7, 11) is 0. The largest absolute Gasteiger partial charge is 0.493 e. The minimum Gasteiger partial charge on any atom is -0.493 e. The fraction of sp³-hybridized carbons (Fsp3) is 0.467. The van der Waals surface area contributed by atoms with Crippen LogP contribution < -0.4 is 4.74 Å². The van der Waals surface area contributed by atoms with Crippen molar-refractivity contribution in [1.29, 1.82) is 0 Å². The Balaban J connectivity index is 2.54. The van der Waals surface area contributed by atoms with Gasteiger partial charge >= 0.3 is 5.97 Å². The molecule has 116 valence electrons. The Kier molecular flexibility index (Phi) is 5.69. The molecule has 1 rings (SSSR count). The summed E-state index contributed by atoms with van der Waals surface area (Å²) in [5, 5.41) is 8.86. The smallest absolute Gasteiger partial charge is 0.323 e. The van der Waals surface area contributed by atoms with Gasteiger partial charge in [-0.05, 0) is 45.0 Å². The van der Waals surface area contributed by atoms with Gasteiger partial charge < -0.3 is 14.7 Å². The predicted octanol–water partition coefficient (Wildman–Crippen LogP) is 2.31. The Morgan fingerprint density at radius 1 is 1.24 bits per heavy atom. The number of carbonyl (C=O) groups excluding carboxylic acids is 1. The SMILES string of the molecule is CC(C)(C)N(CC(=O)O)C(=O)CCOc1ccc(F)cc1. The van der Waals surface area contributed by atoms with Gasteiger partial charge in [-0.15, -0.1) is 0 Å². The first-order valence-electron chi connectivity index (χ1n) is 6.61. The molecule has 0 spiro atoms. The predicted molar refractivity (Wildman–Crippen MR) is 75.6 cm³/mol. The van der Waals surface area contributed by atoms with Gasteiger partial charge in [0.1, 0.15) is 18.1 Å². The minimum atomic E-state index is -1.06. The zero-order valence-corrected chi connectivity index (χ0v) is 12.4. The lowest BCUT2D eigenvalue weighted by molar-refractivity contribution is -0.148. The molecule has 0 aromatic heterocycles. The second-order valence-electron chi connectivity index (χ2n) is 5.60. The molecule has 5 nitrogen and oxygen atoms in total. The van der Waals surface area contributed by atoms with Gasteiger partial charge in [-0.1, -0.05) is 0 Å². The molecule has 0 aliphatic carbocycles. The van der Waals surface area contributed by atoms with Crippen molar-refractivity contribution >= 4 is 11.9 Å². The normalized spacial score (nSPS) is 11.0. The topological polar surface area (TPSA) is 66.8 Å². The fourth-order valence-corrected chi connectivity index (χ4v) is 1.76. The first-order valence-corrected chi connectivity index (χ1v) is 6.61. The third kappa shape index (κ3) is 5.81. The van der Waals surface area contributed by atoms with E-state index in [9.17, 15) is 14.0 Å². The molecule has 0 aliphatic heterocycles. The van der Waals surface area contributed by atoms with Gasteiger partial charge in [0.2, 0.25) is 5.91 Å². The summed E-state index contributed by atoms with van der Waals surface area (Å²) in [5.74, 6) is -1.26. The van der Waals surface area contributed by atoms with Gasteiger partial charge in [-0.3, -0.25) is 9.59 Å². The average Bonchev–Trinajstić information content (AvgIpc) is 2.36. The van der Waals surface area contributed by atoms with E-state index >= 15 is 0 Å². The molecular weight excluding hydrogens is 277 g/mol. The summed E-state index contributed by atoms with van der Waals surface area (Å²) in [6.45, 7) is 5.08. The fourth-order valence-electron chi connectivity index (χ4n) is 1.76. The molecule has 0 saturated heterocycles. The molecule has 0 aliphatic rings. The van der Waals surface area contributed by atoms with Gasteiger partial charge in [0.15, 0.2) is 0 Å². The molecule has 0 bridgehead atoms. The van der Waals surface area contributed by atoms with E-state index in [1.54, 1.807) is 20.8 Å². The van der Waals surface area contributed by atoms with Crippen LogP contribution in [0.15, 0.2) is 24.3 Å². The molecule has 0 atom stereocenters. The maximum atomic E-state index is 12.7. The van der Waals surface area contributed by atoms with Crippen molar-refractivity contribution in [3.05, 3.63) is 30.1 Å². The first-order chi connectivity index (χ1) is 9.70. The van der Waals surface area contributed by atoms with Gasteiger partial charge in [0.25, 0.3) is 0 Å². The summed E-state index contributed by atoms with van der Waals surface area (Å²) in [6, 6.07) is 5.48. The van der Waals surface area contributed by atoms with Crippen molar-refractivity contribution in [3.63, 3.8) is 0 Å². The second kappa shape index (κ2) is 7.06. The van der Waals surface area contributed by atoms with Gasteiger partial charge in [-0.25, -0.2) is 4.39 Å². The highest BCUT2D eigenvalue weighted by Crippen LogP contribution is 2.15. The van der Waals surface area contributed by atoms with Crippen LogP contribution in [0.5, 0.6) is 5.75 Å². The lowest BCUT2D eigenvalue weighted by Crippen LogP contribution is -2.48. The second-order valence-corrected chi connectivity index (χ2v) is 5.60. The Labute approximate surface area is 123 Å². The van der Waals surface area contributed by atoms with Gasteiger partial charge in [0.05, 0.1) is 13.0 Å². The summed E-state index contributed by atoms with van der Waals surface area (Å²) in [5.41, 5.74) is -0.578. The number of nitrogens with zero attached hydrogens (tertiary/aromatic N) is 1. The molecule has 1 amide bonds. The third-order valence-electron chi connectivity index (χ3n) is 2.80. The zero-order valence-electron chi connectivity index (χ0n) is 12.4. The number of ether oxygens (including phenoxy) is 1. The van der Waals surface area contributed by atoms with Crippen LogP contribution in [-0.4, -0.2) is 40.6 Å². The van der Waals surface area contributed by atoms with Gasteiger partial charge in [0, 0.05) is 5.54 Å². The summed E-state index contributed by atoms with van der Waals surface area (Å²) < 4.78 is 18.1. The summed E-state index contributed by atoms with van der Waals surface area (Å²) in [6.07, 6.45) is 0.0575. The lowest BCUT2D eigenvalue weighted by Gasteiger charge is -2.34. The van der Waals surface area contributed by atoms with E-state index < -0.39 is 11.5 Å². The van der Waals surface area contributed by atoms with Crippen LogP contribution in [0.3, 0.4) is 0 Å². The molecule has 21 heavy (non-hydrogen) atoms. The number of hydrogen-bond donors (Lipinski definition) is 1. The Bertz CT molecular complexity index is 493. The Morgan fingerprint density at radius 3 is 2.29 bits per heavy atom. The summed E-state index contributed by atoms with van der Waals surface area (Å²) in [4.78, 5) is 24.2. The molecule has 1 aromatic rings. The van der Waals surface area contributed by atoms with E-state index in [0.29, 0.717) is 5.75 Å². The zero-order chi connectivity index (χ0) is 16.0. The highest BCUT2D eigenvalue weighted by molar-refractivity contribution is 5.82. The van der Waals surface area contributed by atoms with Crippen LogP contribution in [0.1, 0.15) is 27.2 Å². The van der Waals surface area contributed by atoms with Gasteiger partial charge in [-0.2, -0.15) is 0 Å². The highest BCUT2D eigenvalue weighted by Gasteiger charge is 2.27. The maximum absolute atomic E-state index is 12.7. The summed E-state index contributed by atoms with van der Waals surface area (Å²) >= 11 is 0. The van der Waals surface area contributed by atoms with E-state index in [2.05, 4.69) is 0 Å². The van der Waals surface area contributed by atoms with E-state index in [1.807, 2.05) is 0 Å². The molecule has 0 unspecified atom stereocenters. The van der Waals surface area contributed by atoms with Crippen LogP contribution in [0.25, 0.3) is 0 Å². The molecule has 0 saturated carbocycles. The first kappa shape index (κ1) is 16.9. The number of amides is 1. The Morgan fingerprint density at radius 2 is 1.81 bits per heavy atom. The number of hydrogen-bond acceptors (Lipinski definition) is 3. The maximum Gasteiger partial charge on any atom is 0.323 e. The van der Waals surface area contributed by atoms with Crippen molar-refractivity contribution in [3.8, 4) is 5.75 Å². The molecule has 0 fully saturated rings. The Hall–Kier alpha value is -2.11. The van der Waals surface area contributed by atoms with Crippen molar-refractivity contribution in [1.82, 2.24) is 4.90 Å². The molecule has 1 aromatic carbocycles. The quantitative estimate of drug-likeness (QED) is 0.875. The molecular formula is C15H20FNO4. The van der Waals surface area contributed by atoms with Crippen LogP contribution in [-0.2, 0) is 9.59 Å². The van der Waals surface area contributed by atoms with E-state index in [0.717, 1.165) is 0 Å². The van der Waals surface area contributed by atoms with Crippen molar-refractivity contribution in [2.45, 2.75) is 32.7 Å². The standard InChI is InChI=1S/C15H20FNO4/c1-15(2,3)17(10-14(19)20)13(18)8-9-21-12-6-4-11(16)5-7-12/h4-7H,8-10H2,1-3H3,(H,19,20). The monoisotopic (exact) mass is 297 g/mol. The van der Waals surface area contributed by atoms with Crippen molar-refractivity contribution < 1.29 is 23.8 Å². The van der Waals surface area contributed by atoms with Crippen molar-refractivity contribution in [2.75, 3.05) is 13.2 Å². The molecule has 0 heterocycles. The van der Waals surface area contributed by atoms with Crippen LogP contribution in [0, 0.1) is 5.82 Å². The van der Waals surface area contributed by atoms with E-state index in [4.69, 9.17) is 9.84 Å². The molecule has 1 N–H and O–H groups in total. The molecule has 6 heteroatoms. The lowest BCUT2D eigenvalue weighted by atomic mass is 10.1. The number of carboxylic acid groups (broad SMARTS) is 1. The molecule has 0 radical (unpaired) electrons. The van der Waals surface area contributed by atoms with E-state index in [-0.39, 0.29) is 31.3 Å². The number of halogens is 1. The van der Waals surface area contributed by atoms with E-state index in [1.165, 1.54) is 29.2 Å². The minimum absolute atomic E-state index is 0.0575. The van der Waals surface area contributed by atoms with Crippen LogP contribution in [0.4, 0.5) is 4.39 Å². The third-order valence-corrected chi connectivity index (χ3v) is 2.80. The number of rotatable bonds is 6. The number of benzene rings is 1.